The third kappa shape index (κ3) is 3.32. The van der Waals surface area contributed by atoms with Crippen LogP contribution < -0.4 is 10.1 Å². The highest BCUT2D eigenvalue weighted by Crippen LogP contribution is 2.24. The van der Waals surface area contributed by atoms with E-state index in [9.17, 15) is 0 Å². The van der Waals surface area contributed by atoms with Crippen molar-refractivity contribution in [1.82, 2.24) is 15.0 Å². The van der Waals surface area contributed by atoms with Crippen molar-refractivity contribution in [1.29, 1.82) is 0 Å². The standard InChI is InChI=1S/C21H18N4O/c1-26-16-11-9-15(10-12-16)14-23-20-17-6-2-3-7-18(17)24-21(25-20)19-8-4-5-13-22-19/h2-13H,14H2,1H3,(H,23,24,25). The maximum Gasteiger partial charge on any atom is 0.180 e. The molecule has 2 heterocycles. The molecule has 2 aromatic heterocycles. The first-order valence-corrected chi connectivity index (χ1v) is 8.38. The third-order valence-electron chi connectivity index (χ3n) is 4.12. The predicted octanol–water partition coefficient (Wildman–Crippen LogP) is 4.31. The molecular weight excluding hydrogens is 324 g/mol. The van der Waals surface area contributed by atoms with Gasteiger partial charge in [0.15, 0.2) is 5.82 Å². The van der Waals surface area contributed by atoms with Gasteiger partial charge in [-0.1, -0.05) is 30.3 Å². The van der Waals surface area contributed by atoms with Crippen molar-refractivity contribution in [3.05, 3.63) is 78.5 Å². The molecule has 0 saturated carbocycles. The van der Waals surface area contributed by atoms with E-state index < -0.39 is 0 Å². The third-order valence-corrected chi connectivity index (χ3v) is 4.12. The van der Waals surface area contributed by atoms with Crippen LogP contribution in [-0.2, 0) is 6.54 Å². The zero-order valence-electron chi connectivity index (χ0n) is 14.4. The predicted molar refractivity (Wildman–Crippen MR) is 103 cm³/mol. The van der Waals surface area contributed by atoms with Gasteiger partial charge in [0, 0.05) is 18.1 Å². The lowest BCUT2D eigenvalue weighted by Gasteiger charge is -2.11. The van der Waals surface area contributed by atoms with Gasteiger partial charge in [-0.3, -0.25) is 4.98 Å². The van der Waals surface area contributed by atoms with Crippen LogP contribution >= 0.6 is 0 Å². The van der Waals surface area contributed by atoms with Crippen LogP contribution in [0.2, 0.25) is 0 Å². The molecule has 1 N–H and O–H groups in total. The molecule has 0 fully saturated rings. The highest BCUT2D eigenvalue weighted by atomic mass is 16.5. The Morgan fingerprint density at radius 3 is 2.46 bits per heavy atom. The van der Waals surface area contributed by atoms with E-state index in [1.807, 2.05) is 66.7 Å². The van der Waals surface area contributed by atoms with Crippen LogP contribution in [-0.4, -0.2) is 22.1 Å². The van der Waals surface area contributed by atoms with E-state index in [0.717, 1.165) is 33.7 Å². The Kier molecular flexibility index (Phi) is 4.43. The number of nitrogens with zero attached hydrogens (tertiary/aromatic N) is 3. The molecule has 0 amide bonds. The molecule has 5 heteroatoms. The number of nitrogens with one attached hydrogen (secondary N) is 1. The number of hydrogen-bond donors (Lipinski definition) is 1. The van der Waals surface area contributed by atoms with Gasteiger partial charge < -0.3 is 10.1 Å². The molecule has 0 atom stereocenters. The van der Waals surface area contributed by atoms with Crippen molar-refractivity contribution < 1.29 is 4.74 Å². The van der Waals surface area contributed by atoms with Gasteiger partial charge >= 0.3 is 0 Å². The fraction of sp³-hybridized carbons (Fsp3) is 0.0952. The largest absolute Gasteiger partial charge is 0.497 e. The molecule has 0 unspecified atom stereocenters. The minimum Gasteiger partial charge on any atom is -0.497 e. The van der Waals surface area contributed by atoms with E-state index >= 15 is 0 Å². The summed E-state index contributed by atoms with van der Waals surface area (Å²) in [4.78, 5) is 13.7. The zero-order valence-corrected chi connectivity index (χ0v) is 14.4. The van der Waals surface area contributed by atoms with Crippen LogP contribution in [0.4, 0.5) is 5.82 Å². The van der Waals surface area contributed by atoms with E-state index in [0.29, 0.717) is 12.4 Å². The maximum atomic E-state index is 5.21. The summed E-state index contributed by atoms with van der Waals surface area (Å²) >= 11 is 0. The molecule has 0 aliphatic heterocycles. The first kappa shape index (κ1) is 16.0. The molecule has 0 spiro atoms. The normalized spacial score (nSPS) is 10.7. The summed E-state index contributed by atoms with van der Waals surface area (Å²) in [6.45, 7) is 0.659. The molecule has 4 rings (SSSR count). The molecule has 4 aromatic rings. The van der Waals surface area contributed by atoms with Crippen LogP contribution in [0.25, 0.3) is 22.4 Å². The fourth-order valence-corrected chi connectivity index (χ4v) is 2.75. The van der Waals surface area contributed by atoms with Crippen LogP contribution in [0.1, 0.15) is 5.56 Å². The van der Waals surface area contributed by atoms with Crippen molar-refractivity contribution in [3.63, 3.8) is 0 Å². The van der Waals surface area contributed by atoms with E-state index in [4.69, 9.17) is 9.72 Å². The average molecular weight is 342 g/mol. The highest BCUT2D eigenvalue weighted by molar-refractivity contribution is 5.90. The lowest BCUT2D eigenvalue weighted by Crippen LogP contribution is -2.04. The van der Waals surface area contributed by atoms with Gasteiger partial charge in [0.25, 0.3) is 0 Å². The van der Waals surface area contributed by atoms with Gasteiger partial charge in [-0.15, -0.1) is 0 Å². The van der Waals surface area contributed by atoms with Crippen molar-refractivity contribution in [2.75, 3.05) is 12.4 Å². The molecule has 0 aliphatic carbocycles. The van der Waals surface area contributed by atoms with Gasteiger partial charge in [-0.05, 0) is 42.0 Å². The minimum atomic E-state index is 0.613. The van der Waals surface area contributed by atoms with E-state index in [2.05, 4.69) is 15.3 Å². The second kappa shape index (κ2) is 7.19. The number of fused-ring (bicyclic) bond motifs is 1. The lowest BCUT2D eigenvalue weighted by atomic mass is 10.2. The van der Waals surface area contributed by atoms with Crippen molar-refractivity contribution >= 4 is 16.7 Å². The molecule has 2 aromatic carbocycles. The Labute approximate surface area is 151 Å². The summed E-state index contributed by atoms with van der Waals surface area (Å²) in [6, 6.07) is 21.7. The number of pyridine rings is 1. The molecule has 0 bridgehead atoms. The van der Waals surface area contributed by atoms with Gasteiger partial charge in [0.1, 0.15) is 17.3 Å². The molecule has 0 radical (unpaired) electrons. The maximum absolute atomic E-state index is 5.21. The van der Waals surface area contributed by atoms with E-state index in [1.165, 1.54) is 0 Å². The Bertz CT molecular complexity index is 1020. The first-order chi connectivity index (χ1) is 12.8. The van der Waals surface area contributed by atoms with Crippen LogP contribution in [0, 0.1) is 0 Å². The number of aromatic nitrogens is 3. The fourth-order valence-electron chi connectivity index (χ4n) is 2.75. The lowest BCUT2D eigenvalue weighted by molar-refractivity contribution is 0.414. The smallest absolute Gasteiger partial charge is 0.180 e. The van der Waals surface area contributed by atoms with E-state index in [1.54, 1.807) is 13.3 Å². The molecular formula is C21H18N4O. The van der Waals surface area contributed by atoms with Gasteiger partial charge in [0.2, 0.25) is 0 Å². The van der Waals surface area contributed by atoms with E-state index in [-0.39, 0.29) is 0 Å². The summed E-state index contributed by atoms with van der Waals surface area (Å²) in [7, 11) is 1.67. The minimum absolute atomic E-state index is 0.613. The number of hydrogen-bond acceptors (Lipinski definition) is 5. The molecule has 0 aliphatic rings. The van der Waals surface area contributed by atoms with Gasteiger partial charge in [-0.25, -0.2) is 9.97 Å². The van der Waals surface area contributed by atoms with Gasteiger partial charge in [-0.2, -0.15) is 0 Å². The van der Waals surface area contributed by atoms with Crippen LogP contribution in [0.15, 0.2) is 72.9 Å². The number of para-hydroxylation sites is 1. The zero-order chi connectivity index (χ0) is 17.8. The number of methoxy groups -OCH3 is 1. The molecule has 128 valence electrons. The summed E-state index contributed by atoms with van der Waals surface area (Å²) in [5, 5.41) is 4.42. The topological polar surface area (TPSA) is 59.9 Å². The SMILES string of the molecule is COc1ccc(CNc2nc(-c3ccccn3)nc3ccccc23)cc1. The Morgan fingerprint density at radius 1 is 0.885 bits per heavy atom. The molecule has 0 saturated heterocycles. The number of benzene rings is 2. The number of rotatable bonds is 5. The molecule has 5 nitrogen and oxygen atoms in total. The van der Waals surface area contributed by atoms with Crippen LogP contribution in [0.5, 0.6) is 5.75 Å². The van der Waals surface area contributed by atoms with Gasteiger partial charge in [0.05, 0.1) is 12.6 Å². The van der Waals surface area contributed by atoms with Crippen molar-refractivity contribution in [2.24, 2.45) is 0 Å². The second-order valence-corrected chi connectivity index (χ2v) is 5.83. The first-order valence-electron chi connectivity index (χ1n) is 8.38. The van der Waals surface area contributed by atoms with Crippen molar-refractivity contribution in [2.45, 2.75) is 6.54 Å². The average Bonchev–Trinajstić information content (AvgIpc) is 2.73. The Morgan fingerprint density at radius 2 is 1.69 bits per heavy atom. The Balaban J connectivity index is 1.68. The summed E-state index contributed by atoms with van der Waals surface area (Å²) < 4.78 is 5.21. The quantitative estimate of drug-likeness (QED) is 0.585. The summed E-state index contributed by atoms with van der Waals surface area (Å²) in [5.41, 5.74) is 2.79. The second-order valence-electron chi connectivity index (χ2n) is 5.83. The Hall–Kier alpha value is -3.47. The highest BCUT2D eigenvalue weighted by Gasteiger charge is 2.09. The molecule has 26 heavy (non-hydrogen) atoms. The number of ether oxygens (including phenoxy) is 1. The van der Waals surface area contributed by atoms with Crippen LogP contribution in [0.3, 0.4) is 0 Å². The summed E-state index contributed by atoms with van der Waals surface area (Å²) in [6.07, 6.45) is 1.75. The van der Waals surface area contributed by atoms with Crippen molar-refractivity contribution in [3.8, 4) is 17.3 Å². The number of anilines is 1. The summed E-state index contributed by atoms with van der Waals surface area (Å²) in [5.74, 6) is 2.26. The monoisotopic (exact) mass is 342 g/mol.